The van der Waals surface area contributed by atoms with Gasteiger partial charge in [0.1, 0.15) is 29.2 Å². The lowest BCUT2D eigenvalue weighted by Gasteiger charge is -2.41. The fraction of sp³-hybridized carbons (Fsp3) is 0.472. The van der Waals surface area contributed by atoms with Crippen molar-refractivity contribution in [3.63, 3.8) is 0 Å². The van der Waals surface area contributed by atoms with Crippen LogP contribution in [0.5, 0.6) is 0 Å². The van der Waals surface area contributed by atoms with E-state index in [0.717, 1.165) is 72.7 Å². The first-order valence-corrected chi connectivity index (χ1v) is 18.0. The molecule has 4 aromatic rings. The van der Waals surface area contributed by atoms with E-state index in [1.54, 1.807) is 4.90 Å². The Labute approximate surface area is 290 Å². The van der Waals surface area contributed by atoms with E-state index in [4.69, 9.17) is 25.0 Å². The van der Waals surface area contributed by atoms with Crippen LogP contribution in [0.25, 0.3) is 11.5 Å². The largest absolute Gasteiger partial charge is 0.445 e. The number of rotatable bonds is 6. The van der Waals surface area contributed by atoms with E-state index < -0.39 is 5.41 Å². The Morgan fingerprint density at radius 2 is 1.88 bits per heavy atom. The van der Waals surface area contributed by atoms with Crippen LogP contribution in [0.2, 0.25) is 0 Å². The highest BCUT2D eigenvalue weighted by Gasteiger charge is 2.44. The van der Waals surface area contributed by atoms with Crippen molar-refractivity contribution in [2.45, 2.75) is 63.1 Å². The third-order valence-corrected chi connectivity index (χ3v) is 11.8. The van der Waals surface area contributed by atoms with E-state index in [0.29, 0.717) is 66.2 Å². The van der Waals surface area contributed by atoms with Crippen molar-refractivity contribution in [2.75, 3.05) is 61.8 Å². The third-order valence-electron chi connectivity index (χ3n) is 10.7. The van der Waals surface area contributed by atoms with Crippen LogP contribution in [0.3, 0.4) is 0 Å². The number of nitrogens with two attached hydrogens (primary N) is 1. The standard InChI is InChI=1S/C36H41N9O3S/c1-36(12-6-9-29-31(36)27(19-37)32(38)49-29)34-40-33(41-48-34)28-17-26(18-30(39-28)45-24-10-11-25(45)21-42(2)20-24)43-13-15-44(16-14-43)35(46)47-22-23-7-4-3-5-8-23/h3-5,7-8,17-18,24-25H,6,9-16,20-22,38H2,1-2H3. The van der Waals surface area contributed by atoms with Gasteiger partial charge in [-0.1, -0.05) is 35.5 Å². The van der Waals surface area contributed by atoms with E-state index in [2.05, 4.69) is 46.0 Å². The fourth-order valence-corrected chi connectivity index (χ4v) is 9.43. The van der Waals surface area contributed by atoms with Crippen molar-refractivity contribution in [3.8, 4) is 17.6 Å². The summed E-state index contributed by atoms with van der Waals surface area (Å²) in [4.78, 5) is 33.2. The maximum Gasteiger partial charge on any atom is 0.410 e. The van der Waals surface area contributed by atoms with E-state index in [-0.39, 0.29) is 12.7 Å². The van der Waals surface area contributed by atoms with Crippen LogP contribution in [-0.2, 0) is 23.2 Å². The Morgan fingerprint density at radius 1 is 1.12 bits per heavy atom. The quantitative estimate of drug-likeness (QED) is 0.293. The summed E-state index contributed by atoms with van der Waals surface area (Å²) in [6, 6.07) is 17.1. The predicted molar refractivity (Wildman–Crippen MR) is 188 cm³/mol. The molecule has 12 nitrogen and oxygen atoms in total. The average Bonchev–Trinajstić information content (AvgIpc) is 3.82. The fourth-order valence-electron chi connectivity index (χ4n) is 8.24. The van der Waals surface area contributed by atoms with E-state index in [1.807, 2.05) is 36.4 Å². The smallest absolute Gasteiger partial charge is 0.410 e. The summed E-state index contributed by atoms with van der Waals surface area (Å²) < 4.78 is 11.6. The number of carbonyl (C=O) groups is 1. The summed E-state index contributed by atoms with van der Waals surface area (Å²) in [5, 5.41) is 15.0. The molecule has 3 unspecified atom stereocenters. The first-order valence-electron chi connectivity index (χ1n) is 17.2. The molecule has 4 aliphatic rings. The third kappa shape index (κ3) is 5.76. The van der Waals surface area contributed by atoms with Crippen molar-refractivity contribution in [2.24, 2.45) is 0 Å². The molecule has 1 amide bonds. The average molecular weight is 680 g/mol. The van der Waals surface area contributed by atoms with Gasteiger partial charge in [-0.2, -0.15) is 10.2 Å². The van der Waals surface area contributed by atoms with Gasteiger partial charge in [-0.25, -0.2) is 9.78 Å². The van der Waals surface area contributed by atoms with Crippen LogP contribution < -0.4 is 15.5 Å². The Bertz CT molecular complexity index is 1880. The second-order valence-electron chi connectivity index (χ2n) is 14.0. The van der Waals surface area contributed by atoms with Crippen molar-refractivity contribution < 1.29 is 14.1 Å². The zero-order valence-electron chi connectivity index (χ0n) is 28.0. The van der Waals surface area contributed by atoms with E-state index in [9.17, 15) is 10.1 Å². The lowest BCUT2D eigenvalue weighted by Crippen LogP contribution is -2.53. The molecule has 1 aromatic carbocycles. The molecular formula is C36H41N9O3S. The number of likely N-dealkylation sites (N-methyl/N-ethyl adjacent to an activating group) is 1. The number of nitrogens with zero attached hydrogens (tertiary/aromatic N) is 8. The van der Waals surface area contributed by atoms with Crippen LogP contribution in [0.1, 0.15) is 60.1 Å². The van der Waals surface area contributed by atoms with Crippen LogP contribution in [0, 0.1) is 11.3 Å². The van der Waals surface area contributed by atoms with Crippen LogP contribution >= 0.6 is 11.3 Å². The van der Waals surface area contributed by atoms with Gasteiger partial charge in [0, 0.05) is 73.5 Å². The van der Waals surface area contributed by atoms with Gasteiger partial charge in [-0.15, -0.1) is 11.3 Å². The number of carbonyl (C=O) groups excluding carboxylic acids is 1. The zero-order chi connectivity index (χ0) is 33.7. The maximum atomic E-state index is 12.9. The van der Waals surface area contributed by atoms with Crippen LogP contribution in [0.15, 0.2) is 47.0 Å². The van der Waals surface area contributed by atoms with E-state index in [1.165, 1.54) is 11.3 Å². The molecule has 3 saturated heterocycles. The van der Waals surface area contributed by atoms with Crippen LogP contribution in [0.4, 0.5) is 21.3 Å². The van der Waals surface area contributed by atoms with Gasteiger partial charge in [0.15, 0.2) is 0 Å². The van der Waals surface area contributed by atoms with Gasteiger partial charge in [0.05, 0.1) is 11.0 Å². The molecule has 6 heterocycles. The summed E-state index contributed by atoms with van der Waals surface area (Å²) >= 11 is 1.49. The summed E-state index contributed by atoms with van der Waals surface area (Å²) in [5.41, 5.74) is 9.76. The molecule has 0 radical (unpaired) electrons. The number of ether oxygens (including phenoxy) is 1. The highest BCUT2D eigenvalue weighted by atomic mass is 32.1. The number of nitriles is 1. The monoisotopic (exact) mass is 679 g/mol. The number of aromatic nitrogens is 3. The Kier molecular flexibility index (Phi) is 8.16. The second kappa shape index (κ2) is 12.7. The van der Waals surface area contributed by atoms with E-state index >= 15 is 0 Å². The maximum absolute atomic E-state index is 12.9. The van der Waals surface area contributed by atoms with Gasteiger partial charge in [0.25, 0.3) is 0 Å². The molecule has 3 aromatic heterocycles. The van der Waals surface area contributed by atoms with Gasteiger partial charge < -0.3 is 34.6 Å². The molecule has 2 bridgehead atoms. The molecule has 1 aliphatic carbocycles. The number of hydrogen-bond donors (Lipinski definition) is 1. The highest BCUT2D eigenvalue weighted by Crippen LogP contribution is 2.48. The molecule has 2 N–H and O–H groups in total. The van der Waals surface area contributed by atoms with Gasteiger partial charge >= 0.3 is 6.09 Å². The zero-order valence-corrected chi connectivity index (χ0v) is 28.8. The van der Waals surface area contributed by atoms with Crippen molar-refractivity contribution in [1.82, 2.24) is 24.9 Å². The number of aryl methyl sites for hydroxylation is 1. The minimum atomic E-state index is -0.611. The molecule has 254 valence electrons. The SMILES string of the molecule is CN1CC2CCC(C1)N2c1cc(N2CCN(C(=O)OCc3ccccc3)CC2)cc(-c2noc(C3(C)CCCc4sc(N)c(C#N)c43)n2)n1. The lowest BCUT2D eigenvalue weighted by atomic mass is 9.72. The molecule has 3 aliphatic heterocycles. The number of thiophene rings is 1. The summed E-state index contributed by atoms with van der Waals surface area (Å²) in [7, 11) is 2.19. The first-order chi connectivity index (χ1) is 23.8. The summed E-state index contributed by atoms with van der Waals surface area (Å²) in [6.45, 7) is 6.77. The molecule has 0 spiro atoms. The number of benzene rings is 1. The molecule has 49 heavy (non-hydrogen) atoms. The number of likely N-dealkylation sites (tertiary alicyclic amines) is 1. The molecule has 13 heteroatoms. The number of fused-ring (bicyclic) bond motifs is 3. The molecule has 0 saturated carbocycles. The topological polar surface area (TPSA) is 141 Å². The Balaban J connectivity index is 1.08. The normalized spacial score (nSPS) is 23.7. The van der Waals surface area contributed by atoms with Crippen LogP contribution in [-0.4, -0.2) is 89.4 Å². The van der Waals surface area contributed by atoms with Crippen molar-refractivity contribution in [3.05, 3.63) is 69.9 Å². The lowest BCUT2D eigenvalue weighted by molar-refractivity contribution is 0.0942. The second-order valence-corrected chi connectivity index (χ2v) is 15.1. The molecule has 3 atom stereocenters. The Hall–Kier alpha value is -4.67. The van der Waals surface area contributed by atoms with Gasteiger partial charge in [-0.05, 0) is 57.7 Å². The van der Waals surface area contributed by atoms with Gasteiger partial charge in [-0.3, -0.25) is 0 Å². The first kappa shape index (κ1) is 31.6. The molecule has 3 fully saturated rings. The predicted octanol–water partition coefficient (Wildman–Crippen LogP) is 5.03. The van der Waals surface area contributed by atoms with Gasteiger partial charge in [0.2, 0.25) is 11.7 Å². The summed E-state index contributed by atoms with van der Waals surface area (Å²) in [6.07, 6.45) is 4.60. The highest BCUT2D eigenvalue weighted by molar-refractivity contribution is 7.16. The number of piperazine rings is 2. The number of anilines is 3. The number of hydrogen-bond acceptors (Lipinski definition) is 12. The number of nitrogen functional groups attached to an aromatic ring is 1. The minimum absolute atomic E-state index is 0.259. The Morgan fingerprint density at radius 3 is 2.61 bits per heavy atom. The summed E-state index contributed by atoms with van der Waals surface area (Å²) in [5.74, 6) is 1.83. The number of amides is 1. The minimum Gasteiger partial charge on any atom is -0.445 e. The number of pyridine rings is 1. The molecule has 8 rings (SSSR count). The van der Waals surface area contributed by atoms with Crippen molar-refractivity contribution >= 4 is 33.9 Å². The molecular weight excluding hydrogens is 639 g/mol. The van der Waals surface area contributed by atoms with Crippen molar-refractivity contribution in [1.29, 1.82) is 5.26 Å².